The molecule has 0 aliphatic carbocycles. The maximum absolute atomic E-state index is 13.6. The van der Waals surface area contributed by atoms with E-state index in [-0.39, 0.29) is 17.0 Å². The van der Waals surface area contributed by atoms with E-state index in [0.29, 0.717) is 28.5 Å². The maximum atomic E-state index is 13.6. The molecule has 0 fully saturated rings. The number of benzene rings is 2. The summed E-state index contributed by atoms with van der Waals surface area (Å²) < 4.78 is 39.3. The van der Waals surface area contributed by atoms with Gasteiger partial charge in [-0.05, 0) is 63.4 Å². The van der Waals surface area contributed by atoms with E-state index in [1.807, 2.05) is 52.0 Å². The summed E-state index contributed by atoms with van der Waals surface area (Å²) >= 11 is 1.11. The minimum Gasteiger partial charge on any atom is -0.487 e. The third-order valence-electron chi connectivity index (χ3n) is 5.42. The third kappa shape index (κ3) is 5.15. The first kappa shape index (κ1) is 24.7. The van der Waals surface area contributed by atoms with E-state index in [9.17, 15) is 13.2 Å². The van der Waals surface area contributed by atoms with Gasteiger partial charge in [0, 0.05) is 22.7 Å². The molecule has 4 rings (SSSR count). The number of aromatic nitrogens is 3. The summed E-state index contributed by atoms with van der Waals surface area (Å²) in [6.07, 6.45) is 0. The Kier molecular flexibility index (Phi) is 6.82. The van der Waals surface area contributed by atoms with Crippen molar-refractivity contribution in [1.82, 2.24) is 15.1 Å². The number of hydrogen-bond donors (Lipinski definition) is 1. The molecule has 0 aliphatic rings. The van der Waals surface area contributed by atoms with Crippen LogP contribution < -0.4 is 14.8 Å². The average Bonchev–Trinajstić information content (AvgIpc) is 3.44. The lowest BCUT2D eigenvalue weighted by atomic mass is 10.1. The first-order chi connectivity index (χ1) is 16.6. The zero-order chi connectivity index (χ0) is 25.3. The van der Waals surface area contributed by atoms with Crippen molar-refractivity contribution in [3.8, 4) is 17.1 Å². The van der Waals surface area contributed by atoms with E-state index in [1.54, 1.807) is 24.4 Å². The van der Waals surface area contributed by atoms with E-state index in [4.69, 9.17) is 4.74 Å². The fourth-order valence-corrected chi connectivity index (χ4v) is 6.33. The minimum atomic E-state index is -3.89. The van der Waals surface area contributed by atoms with Crippen LogP contribution in [-0.2, 0) is 16.6 Å². The van der Waals surface area contributed by atoms with E-state index in [2.05, 4.69) is 19.6 Å². The van der Waals surface area contributed by atoms with Gasteiger partial charge in [0.25, 0.3) is 10.0 Å². The molecular formula is C24H26N4O5S2. The summed E-state index contributed by atoms with van der Waals surface area (Å²) in [7, 11) is -3.89. The number of aromatic amines is 1. The highest BCUT2D eigenvalue weighted by Crippen LogP contribution is 2.37. The lowest BCUT2D eigenvalue weighted by molar-refractivity contribution is 0.306. The fraction of sp³-hybridized carbons (Fsp3) is 0.292. The number of rotatable bonds is 8. The second-order valence-corrected chi connectivity index (χ2v) is 11.3. The zero-order valence-corrected chi connectivity index (χ0v) is 21.7. The molecule has 2 aromatic heterocycles. The van der Waals surface area contributed by atoms with Crippen LogP contribution in [0.1, 0.15) is 36.2 Å². The number of hydrogen-bond acceptors (Lipinski definition) is 8. The molecule has 35 heavy (non-hydrogen) atoms. The van der Waals surface area contributed by atoms with Gasteiger partial charge in [-0.3, -0.25) is 13.8 Å². The molecule has 4 aromatic rings. The summed E-state index contributed by atoms with van der Waals surface area (Å²) in [4.78, 5) is 17.9. The maximum Gasteiger partial charge on any atom is 0.439 e. The van der Waals surface area contributed by atoms with Crippen LogP contribution in [0.3, 0.4) is 0 Å². The highest BCUT2D eigenvalue weighted by molar-refractivity contribution is 7.94. The summed E-state index contributed by atoms with van der Waals surface area (Å²) in [5.74, 6) is 0.185. The molecule has 9 nitrogen and oxygen atoms in total. The molecule has 0 atom stereocenters. The highest BCUT2D eigenvalue weighted by atomic mass is 32.2. The van der Waals surface area contributed by atoms with Crippen LogP contribution in [0.5, 0.6) is 5.75 Å². The average molecular weight is 515 g/mol. The molecule has 0 aliphatic heterocycles. The van der Waals surface area contributed by atoms with Crippen LogP contribution in [0.15, 0.2) is 55.4 Å². The van der Waals surface area contributed by atoms with Gasteiger partial charge in [-0.25, -0.2) is 9.78 Å². The second-order valence-electron chi connectivity index (χ2n) is 8.48. The number of aryl methyl sites for hydroxylation is 3. The van der Waals surface area contributed by atoms with Crippen molar-refractivity contribution < 1.29 is 17.7 Å². The predicted octanol–water partition coefficient (Wildman–Crippen LogP) is 4.59. The van der Waals surface area contributed by atoms with Gasteiger partial charge in [0.1, 0.15) is 12.4 Å². The number of nitrogens with zero attached hydrogens (tertiary/aromatic N) is 3. The van der Waals surface area contributed by atoms with Gasteiger partial charge >= 0.3 is 5.76 Å². The van der Waals surface area contributed by atoms with Crippen molar-refractivity contribution >= 4 is 27.0 Å². The van der Waals surface area contributed by atoms with Crippen LogP contribution in [0.4, 0.5) is 5.69 Å². The Balaban J connectivity index is 1.66. The molecule has 11 heteroatoms. The number of anilines is 1. The molecule has 2 aromatic carbocycles. The van der Waals surface area contributed by atoms with Gasteiger partial charge in [0.2, 0.25) is 4.34 Å². The molecular weight excluding hydrogens is 488 g/mol. The Labute approximate surface area is 207 Å². The normalized spacial score (nSPS) is 11.7. The van der Waals surface area contributed by atoms with Crippen molar-refractivity contribution in [2.75, 3.05) is 4.31 Å². The van der Waals surface area contributed by atoms with Crippen LogP contribution in [0.25, 0.3) is 11.4 Å². The first-order valence-electron chi connectivity index (χ1n) is 10.9. The van der Waals surface area contributed by atoms with Crippen LogP contribution >= 0.6 is 11.3 Å². The van der Waals surface area contributed by atoms with Crippen molar-refractivity contribution in [1.29, 1.82) is 0 Å². The molecule has 0 bridgehead atoms. The molecule has 184 valence electrons. The van der Waals surface area contributed by atoms with Gasteiger partial charge in [-0.1, -0.05) is 29.4 Å². The largest absolute Gasteiger partial charge is 0.487 e. The lowest BCUT2D eigenvalue weighted by Gasteiger charge is -2.29. The van der Waals surface area contributed by atoms with E-state index in [0.717, 1.165) is 28.0 Å². The predicted molar refractivity (Wildman–Crippen MR) is 134 cm³/mol. The Hall–Kier alpha value is -3.44. The topological polar surface area (TPSA) is 118 Å². The minimum absolute atomic E-state index is 0.0503. The molecule has 1 N–H and O–H groups in total. The molecule has 2 heterocycles. The second kappa shape index (κ2) is 9.67. The van der Waals surface area contributed by atoms with Gasteiger partial charge in [0.15, 0.2) is 5.82 Å². The van der Waals surface area contributed by atoms with Gasteiger partial charge in [-0.15, -0.1) is 11.3 Å². The number of sulfonamides is 1. The van der Waals surface area contributed by atoms with Gasteiger partial charge < -0.3 is 4.74 Å². The van der Waals surface area contributed by atoms with Crippen LogP contribution in [-0.4, -0.2) is 29.6 Å². The van der Waals surface area contributed by atoms with Crippen molar-refractivity contribution in [3.63, 3.8) is 0 Å². The molecule has 0 spiro atoms. The van der Waals surface area contributed by atoms with E-state index < -0.39 is 15.8 Å². The number of thiazole rings is 1. The first-order valence-corrected chi connectivity index (χ1v) is 13.2. The number of H-pyrrole nitrogens is 1. The third-order valence-corrected chi connectivity index (χ3v) is 8.76. The smallest absolute Gasteiger partial charge is 0.439 e. The van der Waals surface area contributed by atoms with E-state index in [1.165, 1.54) is 4.31 Å². The monoisotopic (exact) mass is 514 g/mol. The Morgan fingerprint density at radius 2 is 1.80 bits per heavy atom. The standard InChI is InChI=1S/C24H26N4O5S2/c1-14(2)28(35(30,31)24-25-17(5)13-34-24)20-10-15(3)16(4)11-21(20)32-12-18-6-8-19(9-7-18)22-26-23(29)33-27-22/h6-11,13-14H,12H2,1-5H3,(H,26,27,29). The van der Waals surface area contributed by atoms with Crippen molar-refractivity contribution in [2.24, 2.45) is 0 Å². The Morgan fingerprint density at radius 3 is 2.37 bits per heavy atom. The number of ether oxygens (including phenoxy) is 1. The highest BCUT2D eigenvalue weighted by Gasteiger charge is 2.32. The lowest BCUT2D eigenvalue weighted by Crippen LogP contribution is -2.37. The summed E-state index contributed by atoms with van der Waals surface area (Å²) in [5.41, 5.74) is 4.62. The van der Waals surface area contributed by atoms with Gasteiger partial charge in [-0.2, -0.15) is 8.42 Å². The molecule has 0 radical (unpaired) electrons. The summed E-state index contributed by atoms with van der Waals surface area (Å²) in [6, 6.07) is 10.6. The zero-order valence-electron chi connectivity index (χ0n) is 20.0. The van der Waals surface area contributed by atoms with E-state index >= 15 is 0 Å². The quantitative estimate of drug-likeness (QED) is 0.365. The fourth-order valence-electron chi connectivity index (χ4n) is 3.56. The molecule has 0 saturated heterocycles. The SMILES string of the molecule is Cc1csc(S(=O)(=O)N(c2cc(C)c(C)cc2OCc2ccc(-c3noc(=O)[nH]3)cc2)C(C)C)n1. The van der Waals surface area contributed by atoms with Crippen LogP contribution in [0, 0.1) is 20.8 Å². The van der Waals surface area contributed by atoms with Crippen LogP contribution in [0.2, 0.25) is 0 Å². The Bertz CT molecular complexity index is 1500. The van der Waals surface area contributed by atoms with Crippen molar-refractivity contribution in [2.45, 2.75) is 51.6 Å². The molecule has 0 unspecified atom stereocenters. The molecule has 0 saturated carbocycles. The summed E-state index contributed by atoms with van der Waals surface area (Å²) in [6.45, 7) is 9.53. The molecule has 0 amide bonds. The summed E-state index contributed by atoms with van der Waals surface area (Å²) in [5, 5.41) is 5.41. The van der Waals surface area contributed by atoms with Crippen molar-refractivity contribution in [3.05, 3.63) is 74.7 Å². The number of nitrogens with one attached hydrogen (secondary N) is 1. The van der Waals surface area contributed by atoms with Gasteiger partial charge in [0.05, 0.1) is 5.69 Å². The Morgan fingerprint density at radius 1 is 1.11 bits per heavy atom.